The van der Waals surface area contributed by atoms with E-state index in [0.717, 1.165) is 43.6 Å². The minimum Gasteiger partial charge on any atom is -0.379 e. The van der Waals surface area contributed by atoms with Crippen LogP contribution in [0.2, 0.25) is 10.0 Å². The maximum Gasteiger partial charge on any atom is 0.243 e. The Labute approximate surface area is 199 Å². The summed E-state index contributed by atoms with van der Waals surface area (Å²) in [5, 5.41) is 3.70. The summed E-state index contributed by atoms with van der Waals surface area (Å²) in [6.45, 7) is 4.22. The van der Waals surface area contributed by atoms with Crippen molar-refractivity contribution < 1.29 is 17.9 Å². The van der Waals surface area contributed by atoms with Gasteiger partial charge < -0.3 is 10.1 Å². The Kier molecular flexibility index (Phi) is 9.34. The Morgan fingerprint density at radius 2 is 1.75 bits per heavy atom. The molecular formula is C22H27Cl2N3O4S. The second-order valence-corrected chi connectivity index (χ2v) is 10.3. The molecule has 0 spiro atoms. The molecule has 0 aromatic heterocycles. The lowest BCUT2D eigenvalue weighted by Gasteiger charge is -2.26. The molecule has 2 aromatic carbocycles. The van der Waals surface area contributed by atoms with E-state index in [0.29, 0.717) is 22.2 Å². The van der Waals surface area contributed by atoms with Crippen molar-refractivity contribution in [3.05, 3.63) is 64.1 Å². The van der Waals surface area contributed by atoms with E-state index in [1.54, 1.807) is 24.3 Å². The fourth-order valence-electron chi connectivity index (χ4n) is 3.37. The Morgan fingerprint density at radius 3 is 2.44 bits per heavy atom. The topological polar surface area (TPSA) is 79.0 Å². The highest BCUT2D eigenvalue weighted by Gasteiger charge is 2.27. The number of benzene rings is 2. The quantitative estimate of drug-likeness (QED) is 0.508. The summed E-state index contributed by atoms with van der Waals surface area (Å²) in [6.07, 6.45) is 0.778. The minimum atomic E-state index is -3.94. The van der Waals surface area contributed by atoms with Crippen LogP contribution in [0.25, 0.3) is 0 Å². The van der Waals surface area contributed by atoms with E-state index in [1.165, 1.54) is 24.3 Å². The van der Waals surface area contributed by atoms with Crippen LogP contribution < -0.4 is 5.32 Å². The SMILES string of the molecule is O=C(CN(Cc1ccccc1Cl)S(=O)(=O)c1ccc(Cl)cc1)NCCCN1CCOCC1. The molecule has 0 radical (unpaired) electrons. The molecule has 32 heavy (non-hydrogen) atoms. The van der Waals surface area contributed by atoms with Gasteiger partial charge in [0.1, 0.15) is 0 Å². The average Bonchev–Trinajstić information content (AvgIpc) is 2.78. The summed E-state index contributed by atoms with van der Waals surface area (Å²) >= 11 is 12.1. The van der Waals surface area contributed by atoms with Crippen LogP contribution >= 0.6 is 23.2 Å². The molecule has 0 saturated carbocycles. The predicted octanol–water partition coefficient (Wildman–Crippen LogP) is 3.02. The number of rotatable bonds is 10. The molecule has 0 aliphatic carbocycles. The zero-order chi connectivity index (χ0) is 23.0. The van der Waals surface area contributed by atoms with Crippen molar-refractivity contribution in [2.75, 3.05) is 45.9 Å². The van der Waals surface area contributed by atoms with Crippen molar-refractivity contribution in [2.45, 2.75) is 17.9 Å². The first-order valence-electron chi connectivity index (χ1n) is 10.4. The standard InChI is InChI=1S/C22H27Cl2N3O4S/c23-19-6-8-20(9-7-19)32(29,30)27(16-18-4-1-2-5-21(18)24)17-22(28)25-10-3-11-26-12-14-31-15-13-26/h1-2,4-9H,3,10-17H2,(H,25,28). The number of nitrogens with one attached hydrogen (secondary N) is 1. The van der Waals surface area contributed by atoms with Crippen molar-refractivity contribution >= 4 is 39.1 Å². The van der Waals surface area contributed by atoms with Gasteiger partial charge in [0.2, 0.25) is 15.9 Å². The van der Waals surface area contributed by atoms with Crippen LogP contribution in [0.15, 0.2) is 53.4 Å². The van der Waals surface area contributed by atoms with Gasteiger partial charge in [-0.25, -0.2) is 8.42 Å². The molecule has 1 aliphatic rings. The molecule has 1 saturated heterocycles. The summed E-state index contributed by atoms with van der Waals surface area (Å²) in [7, 11) is -3.94. The number of carbonyl (C=O) groups is 1. The molecule has 1 fully saturated rings. The van der Waals surface area contributed by atoms with E-state index in [2.05, 4.69) is 10.2 Å². The van der Waals surface area contributed by atoms with Crippen molar-refractivity contribution in [1.82, 2.24) is 14.5 Å². The van der Waals surface area contributed by atoms with Gasteiger partial charge in [0.25, 0.3) is 0 Å². The molecule has 10 heteroatoms. The second kappa shape index (κ2) is 12.0. The van der Waals surface area contributed by atoms with Crippen molar-refractivity contribution in [3.8, 4) is 0 Å². The third-order valence-corrected chi connectivity index (χ3v) is 7.58. The molecular weight excluding hydrogens is 473 g/mol. The number of halogens is 2. The van der Waals surface area contributed by atoms with E-state index in [-0.39, 0.29) is 23.9 Å². The van der Waals surface area contributed by atoms with Gasteiger partial charge in [0, 0.05) is 36.2 Å². The molecule has 1 N–H and O–H groups in total. The molecule has 0 bridgehead atoms. The Hall–Kier alpha value is -1.68. The molecule has 1 heterocycles. The first-order valence-corrected chi connectivity index (χ1v) is 12.6. The lowest BCUT2D eigenvalue weighted by atomic mass is 10.2. The maximum absolute atomic E-state index is 13.3. The highest BCUT2D eigenvalue weighted by atomic mass is 35.5. The lowest BCUT2D eigenvalue weighted by molar-refractivity contribution is -0.121. The summed E-state index contributed by atoms with van der Waals surface area (Å²) in [5.41, 5.74) is 0.617. The Bertz CT molecular complexity index is 996. The van der Waals surface area contributed by atoms with Gasteiger partial charge in [0.15, 0.2) is 0 Å². The van der Waals surface area contributed by atoms with Crippen LogP contribution in [0.5, 0.6) is 0 Å². The number of amides is 1. The summed E-state index contributed by atoms with van der Waals surface area (Å²) in [6, 6.07) is 12.9. The van der Waals surface area contributed by atoms with Gasteiger partial charge in [-0.1, -0.05) is 41.4 Å². The minimum absolute atomic E-state index is 0.0220. The van der Waals surface area contributed by atoms with Crippen LogP contribution in [-0.4, -0.2) is 69.5 Å². The van der Waals surface area contributed by atoms with Gasteiger partial charge in [-0.3, -0.25) is 9.69 Å². The Balaban J connectivity index is 1.65. The number of ether oxygens (including phenoxy) is 1. The average molecular weight is 500 g/mol. The zero-order valence-corrected chi connectivity index (χ0v) is 20.0. The smallest absolute Gasteiger partial charge is 0.243 e. The third-order valence-electron chi connectivity index (χ3n) is 5.15. The van der Waals surface area contributed by atoms with Gasteiger partial charge in [0.05, 0.1) is 24.7 Å². The van der Waals surface area contributed by atoms with Crippen molar-refractivity contribution in [3.63, 3.8) is 0 Å². The highest BCUT2D eigenvalue weighted by Crippen LogP contribution is 2.23. The van der Waals surface area contributed by atoms with Gasteiger partial charge in [-0.05, 0) is 48.9 Å². The number of hydrogen-bond donors (Lipinski definition) is 1. The molecule has 1 aliphatic heterocycles. The second-order valence-electron chi connectivity index (χ2n) is 7.48. The predicted molar refractivity (Wildman–Crippen MR) is 125 cm³/mol. The molecule has 7 nitrogen and oxygen atoms in total. The van der Waals surface area contributed by atoms with E-state index >= 15 is 0 Å². The first kappa shape index (κ1) is 25.0. The highest BCUT2D eigenvalue weighted by molar-refractivity contribution is 7.89. The largest absolute Gasteiger partial charge is 0.379 e. The van der Waals surface area contributed by atoms with Gasteiger partial charge in [-0.2, -0.15) is 4.31 Å². The van der Waals surface area contributed by atoms with E-state index in [4.69, 9.17) is 27.9 Å². The van der Waals surface area contributed by atoms with E-state index in [1.807, 2.05) is 0 Å². The zero-order valence-electron chi connectivity index (χ0n) is 17.7. The third kappa shape index (κ3) is 7.16. The van der Waals surface area contributed by atoms with E-state index in [9.17, 15) is 13.2 Å². The van der Waals surface area contributed by atoms with Crippen molar-refractivity contribution in [2.24, 2.45) is 0 Å². The normalized spacial score (nSPS) is 15.1. The maximum atomic E-state index is 13.3. The number of nitrogens with zero attached hydrogens (tertiary/aromatic N) is 2. The van der Waals surface area contributed by atoms with E-state index < -0.39 is 10.0 Å². The summed E-state index contributed by atoms with van der Waals surface area (Å²) in [4.78, 5) is 15.0. The summed E-state index contributed by atoms with van der Waals surface area (Å²) < 4.78 is 33.0. The fourth-order valence-corrected chi connectivity index (χ4v) is 5.07. The number of hydrogen-bond acceptors (Lipinski definition) is 5. The van der Waals surface area contributed by atoms with Crippen LogP contribution in [0.3, 0.4) is 0 Å². The first-order chi connectivity index (χ1) is 15.4. The summed E-state index contributed by atoms with van der Waals surface area (Å²) in [5.74, 6) is -0.364. The molecule has 174 valence electrons. The number of carbonyl (C=O) groups excluding carboxylic acids is 1. The van der Waals surface area contributed by atoms with Crippen LogP contribution in [0.4, 0.5) is 0 Å². The monoisotopic (exact) mass is 499 g/mol. The fraction of sp³-hybridized carbons (Fsp3) is 0.409. The van der Waals surface area contributed by atoms with Crippen molar-refractivity contribution in [1.29, 1.82) is 0 Å². The molecule has 1 amide bonds. The van der Waals surface area contributed by atoms with Gasteiger partial charge >= 0.3 is 0 Å². The molecule has 0 atom stereocenters. The lowest BCUT2D eigenvalue weighted by Crippen LogP contribution is -2.41. The number of morpholine rings is 1. The Morgan fingerprint density at radius 1 is 1.06 bits per heavy atom. The number of sulfonamides is 1. The van der Waals surface area contributed by atoms with Gasteiger partial charge in [-0.15, -0.1) is 0 Å². The molecule has 3 rings (SSSR count). The molecule has 0 unspecified atom stereocenters. The molecule has 2 aromatic rings. The van der Waals surface area contributed by atoms with Crippen LogP contribution in [0, 0.1) is 0 Å². The van der Waals surface area contributed by atoms with Crippen LogP contribution in [0.1, 0.15) is 12.0 Å². The van der Waals surface area contributed by atoms with Crippen LogP contribution in [-0.2, 0) is 26.1 Å².